The van der Waals surface area contributed by atoms with Crippen LogP contribution in [0.1, 0.15) is 0 Å². The number of thiol groups is 1. The maximum absolute atomic E-state index is 12.1. The Balaban J connectivity index is 3.13. The van der Waals surface area contributed by atoms with Crippen molar-refractivity contribution in [2.75, 3.05) is 0 Å². The van der Waals surface area contributed by atoms with Crippen LogP contribution in [0.25, 0.3) is 0 Å². The number of nitro benzene ring substituents is 1. The molecule has 0 bridgehead atoms. The molecule has 14 heavy (non-hydrogen) atoms. The standard InChI is InChI=1S/C6H5F4NO2S/c7-14(8,9,10)6-3-1-5(2-4-6)11(12)13/h1-4,14H. The van der Waals surface area contributed by atoms with Crippen molar-refractivity contribution >= 4 is 16.4 Å². The van der Waals surface area contributed by atoms with Crippen molar-refractivity contribution in [2.24, 2.45) is 0 Å². The van der Waals surface area contributed by atoms with Gasteiger partial charge in [-0.05, 0) is 12.1 Å². The molecule has 0 fully saturated rings. The van der Waals surface area contributed by atoms with Gasteiger partial charge in [0.05, 0.1) is 9.82 Å². The van der Waals surface area contributed by atoms with E-state index in [1.807, 2.05) is 0 Å². The first kappa shape index (κ1) is 10.8. The Morgan fingerprint density at radius 3 is 1.79 bits per heavy atom. The molecule has 0 spiro atoms. The van der Waals surface area contributed by atoms with E-state index < -0.39 is 26.2 Å². The first-order chi connectivity index (χ1) is 6.17. The summed E-state index contributed by atoms with van der Waals surface area (Å²) >= 11 is 0. The fourth-order valence-electron chi connectivity index (χ4n) is 0.800. The van der Waals surface area contributed by atoms with Crippen LogP contribution < -0.4 is 0 Å². The second kappa shape index (κ2) is 2.84. The quantitative estimate of drug-likeness (QED) is 0.366. The molecule has 0 N–H and O–H groups in total. The molecule has 0 heterocycles. The number of nitro groups is 1. The van der Waals surface area contributed by atoms with E-state index in [2.05, 4.69) is 0 Å². The van der Waals surface area contributed by atoms with Crippen molar-refractivity contribution in [1.82, 2.24) is 0 Å². The summed E-state index contributed by atoms with van der Waals surface area (Å²) < 4.78 is 48.4. The summed E-state index contributed by atoms with van der Waals surface area (Å²) in [6.07, 6.45) is 0. The third-order valence-electron chi connectivity index (χ3n) is 1.45. The smallest absolute Gasteiger partial charge is 0.258 e. The van der Waals surface area contributed by atoms with Crippen LogP contribution >= 0.6 is 10.7 Å². The number of benzene rings is 1. The molecule has 0 radical (unpaired) electrons. The van der Waals surface area contributed by atoms with E-state index in [1.165, 1.54) is 0 Å². The largest absolute Gasteiger partial charge is 0.269 e. The number of non-ortho nitro benzene ring substituents is 1. The summed E-state index contributed by atoms with van der Waals surface area (Å²) in [5, 5.41) is 10.1. The molecule has 1 aromatic carbocycles. The van der Waals surface area contributed by atoms with Crippen LogP contribution in [-0.2, 0) is 0 Å². The van der Waals surface area contributed by atoms with Crippen LogP contribution in [0, 0.1) is 10.1 Å². The average Bonchev–Trinajstić information content (AvgIpc) is 2.01. The molecule has 1 rings (SSSR count). The highest BCUT2D eigenvalue weighted by molar-refractivity contribution is 8.33. The van der Waals surface area contributed by atoms with Crippen LogP contribution in [0.15, 0.2) is 29.2 Å². The molecule has 0 saturated carbocycles. The lowest BCUT2D eigenvalue weighted by Crippen LogP contribution is -1.92. The normalized spacial score (nSPS) is 14.4. The first-order valence-electron chi connectivity index (χ1n) is 3.31. The fraction of sp³-hybridized carbons (Fsp3) is 0. The van der Waals surface area contributed by atoms with Gasteiger partial charge >= 0.3 is 0 Å². The summed E-state index contributed by atoms with van der Waals surface area (Å²) in [5.41, 5.74) is -0.505. The lowest BCUT2D eigenvalue weighted by Gasteiger charge is -2.28. The Morgan fingerprint density at radius 1 is 1.07 bits per heavy atom. The highest BCUT2D eigenvalue weighted by Crippen LogP contribution is 2.81. The van der Waals surface area contributed by atoms with Gasteiger partial charge < -0.3 is 0 Å². The lowest BCUT2D eigenvalue weighted by atomic mass is 10.3. The SMILES string of the molecule is O=[N+]([O-])c1ccc([SH](F)(F)(F)F)cc1. The topological polar surface area (TPSA) is 43.1 Å². The Kier molecular flexibility index (Phi) is 2.18. The fourth-order valence-corrected chi connectivity index (χ4v) is 1.40. The molecule has 0 atom stereocenters. The van der Waals surface area contributed by atoms with E-state index >= 15 is 0 Å². The number of hydrogen-bond acceptors (Lipinski definition) is 2. The van der Waals surface area contributed by atoms with E-state index in [0.29, 0.717) is 24.3 Å². The Bertz CT molecular complexity index is 362. The van der Waals surface area contributed by atoms with Gasteiger partial charge in [-0.2, -0.15) is 0 Å². The van der Waals surface area contributed by atoms with Gasteiger partial charge in [0, 0.05) is 12.1 Å². The van der Waals surface area contributed by atoms with Gasteiger partial charge in [0.25, 0.3) is 5.69 Å². The molecule has 3 nitrogen and oxygen atoms in total. The van der Waals surface area contributed by atoms with Crippen molar-refractivity contribution < 1.29 is 20.5 Å². The summed E-state index contributed by atoms with van der Waals surface area (Å²) in [4.78, 5) is 7.78. The van der Waals surface area contributed by atoms with E-state index in [4.69, 9.17) is 0 Å². The van der Waals surface area contributed by atoms with E-state index in [0.717, 1.165) is 0 Å². The van der Waals surface area contributed by atoms with Gasteiger partial charge in [-0.15, -0.1) is 15.5 Å². The highest BCUT2D eigenvalue weighted by atomic mass is 32.4. The van der Waals surface area contributed by atoms with Crippen molar-refractivity contribution in [1.29, 1.82) is 0 Å². The minimum absolute atomic E-state index is 0.371. The minimum Gasteiger partial charge on any atom is -0.258 e. The second-order valence-electron chi connectivity index (χ2n) is 2.49. The van der Waals surface area contributed by atoms with Crippen molar-refractivity contribution in [2.45, 2.75) is 4.90 Å². The third kappa shape index (κ3) is 2.34. The first-order valence-corrected chi connectivity index (χ1v) is 5.11. The Labute approximate surface area is 77.0 Å². The zero-order chi connectivity index (χ0) is 11.0. The van der Waals surface area contributed by atoms with Crippen molar-refractivity contribution in [3.63, 3.8) is 0 Å². The van der Waals surface area contributed by atoms with Crippen molar-refractivity contribution in [3.05, 3.63) is 34.4 Å². The minimum atomic E-state index is -7.78. The van der Waals surface area contributed by atoms with Gasteiger partial charge in [0.15, 0.2) is 10.7 Å². The molecule has 0 aromatic heterocycles. The lowest BCUT2D eigenvalue weighted by molar-refractivity contribution is -0.384. The maximum atomic E-state index is 12.1. The Morgan fingerprint density at radius 2 is 1.50 bits per heavy atom. The molecule has 0 amide bonds. The van der Waals surface area contributed by atoms with Gasteiger partial charge in [-0.25, -0.2) is 0 Å². The molecule has 0 aliphatic rings. The molecular formula is C6H5F4NO2S. The number of halogens is 4. The maximum Gasteiger partial charge on any atom is 0.269 e. The van der Waals surface area contributed by atoms with Crippen LogP contribution in [0.3, 0.4) is 0 Å². The van der Waals surface area contributed by atoms with E-state index in [-0.39, 0.29) is 0 Å². The summed E-state index contributed by atoms with van der Waals surface area (Å²) in [7, 11) is -7.78. The third-order valence-corrected chi connectivity index (χ3v) is 2.53. The zero-order valence-corrected chi connectivity index (χ0v) is 7.43. The van der Waals surface area contributed by atoms with Crippen LogP contribution in [0.5, 0.6) is 0 Å². The van der Waals surface area contributed by atoms with Gasteiger partial charge in [-0.1, -0.05) is 0 Å². The summed E-state index contributed by atoms with van der Waals surface area (Å²) in [6, 6.07) is 1.98. The van der Waals surface area contributed by atoms with Crippen LogP contribution in [0.4, 0.5) is 21.2 Å². The predicted octanol–water partition coefficient (Wildman–Crippen LogP) is 3.56. The molecule has 0 unspecified atom stereocenters. The zero-order valence-electron chi connectivity index (χ0n) is 6.53. The second-order valence-corrected chi connectivity index (χ2v) is 4.45. The van der Waals surface area contributed by atoms with Crippen LogP contribution in [-0.4, -0.2) is 4.92 Å². The van der Waals surface area contributed by atoms with Crippen molar-refractivity contribution in [3.8, 4) is 0 Å². The van der Waals surface area contributed by atoms with E-state index in [1.54, 1.807) is 0 Å². The number of nitrogens with zero attached hydrogens (tertiary/aromatic N) is 1. The predicted molar refractivity (Wildman–Crippen MR) is 44.8 cm³/mol. The van der Waals surface area contributed by atoms with Gasteiger partial charge in [0.2, 0.25) is 0 Å². The molecule has 1 aromatic rings. The summed E-state index contributed by atoms with van der Waals surface area (Å²) in [5.74, 6) is 0. The highest BCUT2D eigenvalue weighted by Gasteiger charge is 2.39. The molecule has 0 aliphatic heterocycles. The van der Waals surface area contributed by atoms with Crippen LogP contribution in [0.2, 0.25) is 0 Å². The molecule has 8 heteroatoms. The molecule has 80 valence electrons. The van der Waals surface area contributed by atoms with E-state index in [9.17, 15) is 25.7 Å². The number of hydrogen-bond donors (Lipinski definition) is 1. The molecule has 0 aliphatic carbocycles. The number of rotatable bonds is 2. The molecular weight excluding hydrogens is 226 g/mol. The average molecular weight is 231 g/mol. The molecule has 0 saturated heterocycles. The van der Waals surface area contributed by atoms with Gasteiger partial charge in [0.1, 0.15) is 0 Å². The monoisotopic (exact) mass is 231 g/mol. The summed E-state index contributed by atoms with van der Waals surface area (Å²) in [6.45, 7) is 0. The Hall–Kier alpha value is -1.31. The van der Waals surface area contributed by atoms with Gasteiger partial charge in [-0.3, -0.25) is 10.1 Å².